The summed E-state index contributed by atoms with van der Waals surface area (Å²) in [6.07, 6.45) is 2.94. The van der Waals surface area contributed by atoms with Gasteiger partial charge in [-0.3, -0.25) is 9.59 Å². The number of ether oxygens (including phenoxy) is 1. The van der Waals surface area contributed by atoms with Gasteiger partial charge in [-0.25, -0.2) is 0 Å². The Bertz CT molecular complexity index is 1100. The number of anilines is 1. The zero-order chi connectivity index (χ0) is 27.7. The first-order valence-electron chi connectivity index (χ1n) is 13.7. The van der Waals surface area contributed by atoms with Crippen LogP contribution in [0.25, 0.3) is 0 Å². The van der Waals surface area contributed by atoms with E-state index in [0.29, 0.717) is 12.8 Å². The lowest BCUT2D eigenvalue weighted by Gasteiger charge is -2.39. The van der Waals surface area contributed by atoms with Gasteiger partial charge in [-0.2, -0.15) is 0 Å². The van der Waals surface area contributed by atoms with Crippen molar-refractivity contribution >= 4 is 17.5 Å². The summed E-state index contributed by atoms with van der Waals surface area (Å²) in [5.74, 6) is 0.928. The van der Waals surface area contributed by atoms with Gasteiger partial charge in [-0.1, -0.05) is 53.7 Å². The number of carbonyl (C=O) groups is 2. The van der Waals surface area contributed by atoms with E-state index in [1.54, 1.807) is 0 Å². The molecule has 1 aliphatic carbocycles. The van der Waals surface area contributed by atoms with Crippen LogP contribution < -0.4 is 20.3 Å². The highest BCUT2D eigenvalue weighted by Gasteiger charge is 2.65. The Morgan fingerprint density at radius 2 is 1.73 bits per heavy atom. The van der Waals surface area contributed by atoms with E-state index in [2.05, 4.69) is 75.8 Å². The molecular weight excluding hydrogens is 462 g/mol. The molecule has 0 spiro atoms. The van der Waals surface area contributed by atoms with Crippen LogP contribution in [0.2, 0.25) is 0 Å². The number of nitrogens with one attached hydrogen (secondary N) is 2. The first kappa shape index (κ1) is 27.5. The molecule has 0 bridgehead atoms. The van der Waals surface area contributed by atoms with Gasteiger partial charge in [0.1, 0.15) is 11.3 Å². The van der Waals surface area contributed by atoms with Gasteiger partial charge in [0, 0.05) is 30.5 Å². The molecule has 1 aromatic rings. The van der Waals surface area contributed by atoms with Crippen LogP contribution in [0.4, 0.5) is 5.69 Å². The maximum Gasteiger partial charge on any atom is 0.246 e. The van der Waals surface area contributed by atoms with Gasteiger partial charge in [0.15, 0.2) is 6.23 Å². The molecule has 4 rings (SSSR count). The van der Waals surface area contributed by atoms with Crippen molar-refractivity contribution in [2.75, 3.05) is 11.4 Å². The summed E-state index contributed by atoms with van der Waals surface area (Å²) in [7, 11) is 0. The minimum Gasteiger partial charge on any atom is -0.468 e. The van der Waals surface area contributed by atoms with Gasteiger partial charge in [0.25, 0.3) is 0 Å². The number of hydrogen-bond acceptors (Lipinski definition) is 4. The average molecular weight is 510 g/mol. The predicted molar refractivity (Wildman–Crippen MR) is 150 cm³/mol. The lowest BCUT2D eigenvalue weighted by Crippen LogP contribution is -2.64. The van der Waals surface area contributed by atoms with Gasteiger partial charge < -0.3 is 20.3 Å². The maximum absolute atomic E-state index is 13.9. The van der Waals surface area contributed by atoms with Crippen LogP contribution in [0.15, 0.2) is 24.8 Å². The van der Waals surface area contributed by atoms with Crippen molar-refractivity contribution in [3.8, 4) is 5.75 Å². The Morgan fingerprint density at radius 3 is 2.24 bits per heavy atom. The summed E-state index contributed by atoms with van der Waals surface area (Å²) in [5, 5.41) is 6.31. The molecule has 1 saturated carbocycles. The Hall–Kier alpha value is -2.50. The van der Waals surface area contributed by atoms with Crippen LogP contribution in [-0.4, -0.2) is 35.7 Å². The summed E-state index contributed by atoms with van der Waals surface area (Å²) in [5.41, 5.74) is 2.24. The quantitative estimate of drug-likeness (QED) is 0.531. The van der Waals surface area contributed by atoms with E-state index < -0.39 is 11.1 Å². The molecule has 3 aliphatic rings. The molecule has 6 heteroatoms. The van der Waals surface area contributed by atoms with Crippen LogP contribution in [0, 0.1) is 17.8 Å². The van der Waals surface area contributed by atoms with Gasteiger partial charge in [-0.05, 0) is 67.9 Å². The minimum absolute atomic E-state index is 0.0136. The van der Waals surface area contributed by atoms with Gasteiger partial charge >= 0.3 is 0 Å². The van der Waals surface area contributed by atoms with Crippen molar-refractivity contribution in [2.45, 2.75) is 110 Å². The second kappa shape index (κ2) is 8.78. The molecule has 5 atom stereocenters. The second-order valence-electron chi connectivity index (χ2n) is 14.6. The summed E-state index contributed by atoms with van der Waals surface area (Å²) >= 11 is 0. The average Bonchev–Trinajstić information content (AvgIpc) is 3.33. The molecule has 2 amide bonds. The van der Waals surface area contributed by atoms with Crippen molar-refractivity contribution < 1.29 is 14.3 Å². The fourth-order valence-electron chi connectivity index (χ4n) is 6.71. The zero-order valence-corrected chi connectivity index (χ0v) is 24.5. The monoisotopic (exact) mass is 509 g/mol. The zero-order valence-electron chi connectivity index (χ0n) is 24.5. The summed E-state index contributed by atoms with van der Waals surface area (Å²) in [4.78, 5) is 28.8. The van der Waals surface area contributed by atoms with E-state index >= 15 is 0 Å². The fourth-order valence-corrected chi connectivity index (χ4v) is 6.71. The van der Waals surface area contributed by atoms with Crippen molar-refractivity contribution in [1.82, 2.24) is 10.6 Å². The SMILES string of the molecule is C=CC[C@H]1[C@@H]2CN3c4cc(C(C)(C)C)cc(C(C)(C)C)c4O[C@@H]3[C@@H]2CC1(NC(C)=O)C(=O)NC(C)(C)C. The Labute approximate surface area is 223 Å². The number of nitrogens with zero attached hydrogens (tertiary/aromatic N) is 1. The summed E-state index contributed by atoms with van der Waals surface area (Å²) in [6, 6.07) is 4.62. The molecule has 204 valence electrons. The third-order valence-corrected chi connectivity index (χ3v) is 8.34. The number of allylic oxidation sites excluding steroid dienone is 1. The molecule has 1 aromatic carbocycles. The van der Waals surface area contributed by atoms with Crippen molar-refractivity contribution in [2.24, 2.45) is 17.8 Å². The molecule has 37 heavy (non-hydrogen) atoms. The van der Waals surface area contributed by atoms with Crippen molar-refractivity contribution in [1.29, 1.82) is 0 Å². The highest BCUT2D eigenvalue weighted by Crippen LogP contribution is 2.58. The molecule has 0 aromatic heterocycles. The summed E-state index contributed by atoms with van der Waals surface area (Å²) < 4.78 is 6.83. The molecule has 1 saturated heterocycles. The Kier molecular flexibility index (Phi) is 6.53. The highest BCUT2D eigenvalue weighted by atomic mass is 16.5. The predicted octanol–water partition coefficient (Wildman–Crippen LogP) is 5.44. The number of carbonyl (C=O) groups excluding carboxylic acids is 2. The fraction of sp³-hybridized carbons (Fsp3) is 0.677. The molecule has 2 fully saturated rings. The third-order valence-electron chi connectivity index (χ3n) is 8.34. The van der Waals surface area contributed by atoms with Crippen LogP contribution in [0.5, 0.6) is 5.75 Å². The van der Waals surface area contributed by atoms with Gasteiger partial charge in [0.05, 0.1) is 5.69 Å². The van der Waals surface area contributed by atoms with Crippen LogP contribution in [-0.2, 0) is 20.4 Å². The Morgan fingerprint density at radius 1 is 1.08 bits per heavy atom. The second-order valence-corrected chi connectivity index (χ2v) is 14.6. The van der Waals surface area contributed by atoms with Crippen LogP contribution in [0.3, 0.4) is 0 Å². The van der Waals surface area contributed by atoms with Crippen LogP contribution >= 0.6 is 0 Å². The standard InChI is InChI=1S/C31H47N3O3/c1-12-13-22-21-17-34-24-15-19(28(3,4)5)14-23(29(6,7)8)25(24)37-26(34)20(21)16-31(22,32-18(2)35)27(36)33-30(9,10)11/h12,14-15,20-22,26H,1,13,16-17H2,2-11H3,(H,32,35)(H,33,36)/t20-,21-,22+,26-,31?/m1/s1. The van der Waals surface area contributed by atoms with Gasteiger partial charge in [-0.15, -0.1) is 6.58 Å². The van der Waals surface area contributed by atoms with E-state index in [1.807, 2.05) is 26.8 Å². The van der Waals surface area contributed by atoms with E-state index in [9.17, 15) is 9.59 Å². The van der Waals surface area contributed by atoms with Crippen molar-refractivity contribution in [3.63, 3.8) is 0 Å². The third kappa shape index (κ3) is 4.77. The van der Waals surface area contributed by atoms with E-state index in [0.717, 1.165) is 12.3 Å². The summed E-state index contributed by atoms with van der Waals surface area (Å²) in [6.45, 7) is 25.7. The minimum atomic E-state index is -0.990. The molecule has 0 radical (unpaired) electrons. The van der Waals surface area contributed by atoms with Crippen LogP contribution in [0.1, 0.15) is 93.2 Å². The van der Waals surface area contributed by atoms with Crippen molar-refractivity contribution in [3.05, 3.63) is 35.9 Å². The highest BCUT2D eigenvalue weighted by molar-refractivity contribution is 5.92. The molecular formula is C31H47N3O3. The van der Waals surface area contributed by atoms with E-state index in [4.69, 9.17) is 4.74 Å². The molecule has 2 aliphatic heterocycles. The number of benzene rings is 1. The Balaban J connectivity index is 1.78. The number of fused-ring (bicyclic) bond motifs is 5. The normalized spacial score (nSPS) is 28.8. The van der Waals surface area contributed by atoms with E-state index in [1.165, 1.54) is 23.7 Å². The smallest absolute Gasteiger partial charge is 0.246 e. The molecule has 1 unspecified atom stereocenters. The largest absolute Gasteiger partial charge is 0.468 e. The topological polar surface area (TPSA) is 70.7 Å². The number of hydrogen-bond donors (Lipinski definition) is 2. The molecule has 6 nitrogen and oxygen atoms in total. The first-order valence-corrected chi connectivity index (χ1v) is 13.7. The molecule has 2 heterocycles. The van der Waals surface area contributed by atoms with E-state index in [-0.39, 0.29) is 46.6 Å². The maximum atomic E-state index is 13.9. The van der Waals surface area contributed by atoms with Gasteiger partial charge in [0.2, 0.25) is 11.8 Å². The molecule has 2 N–H and O–H groups in total. The lowest BCUT2D eigenvalue weighted by atomic mass is 9.78. The lowest BCUT2D eigenvalue weighted by molar-refractivity contribution is -0.136. The first-order chi connectivity index (χ1) is 16.9. The number of rotatable bonds is 4. The number of amides is 2.